The van der Waals surface area contributed by atoms with Gasteiger partial charge >= 0.3 is 6.03 Å². The third kappa shape index (κ3) is 3.84. The molecule has 1 saturated heterocycles. The molecule has 0 aliphatic carbocycles. The molecule has 0 bridgehead atoms. The zero-order chi connectivity index (χ0) is 18.0. The molecule has 1 aliphatic rings. The molecule has 0 radical (unpaired) electrons. The van der Waals surface area contributed by atoms with Crippen molar-refractivity contribution in [2.45, 2.75) is 33.4 Å². The van der Waals surface area contributed by atoms with Crippen LogP contribution in [-0.4, -0.2) is 61.8 Å². The van der Waals surface area contributed by atoms with Crippen LogP contribution in [0, 0.1) is 13.8 Å². The lowest BCUT2D eigenvalue weighted by Crippen LogP contribution is -2.51. The number of carbonyl (C=O) groups is 1. The van der Waals surface area contributed by atoms with Crippen molar-refractivity contribution in [3.63, 3.8) is 0 Å². The van der Waals surface area contributed by atoms with Crippen LogP contribution in [0.25, 0.3) is 0 Å². The first-order valence-corrected chi connectivity index (χ1v) is 8.71. The number of piperazine rings is 1. The molecule has 2 aromatic heterocycles. The minimum Gasteiger partial charge on any atom is -0.337 e. The fourth-order valence-corrected chi connectivity index (χ4v) is 3.40. The molecule has 3 rings (SSSR count). The van der Waals surface area contributed by atoms with Crippen molar-refractivity contribution in [2.75, 3.05) is 26.2 Å². The molecule has 2 N–H and O–H groups in total. The molecule has 136 valence electrons. The van der Waals surface area contributed by atoms with E-state index in [0.29, 0.717) is 0 Å². The second-order valence-corrected chi connectivity index (χ2v) is 6.74. The lowest BCUT2D eigenvalue weighted by Gasteiger charge is -2.35. The number of aromatic nitrogens is 4. The summed E-state index contributed by atoms with van der Waals surface area (Å²) in [6.07, 6.45) is 3.78. The predicted molar refractivity (Wildman–Crippen MR) is 95.1 cm³/mol. The highest BCUT2D eigenvalue weighted by Gasteiger charge is 2.24. The summed E-state index contributed by atoms with van der Waals surface area (Å²) in [7, 11) is 2.01. The van der Waals surface area contributed by atoms with E-state index in [1.165, 1.54) is 0 Å². The van der Waals surface area contributed by atoms with Crippen molar-refractivity contribution >= 4 is 6.03 Å². The van der Waals surface area contributed by atoms with E-state index in [0.717, 1.165) is 55.5 Å². The molecule has 1 fully saturated rings. The Hall–Kier alpha value is -2.35. The second kappa shape index (κ2) is 7.26. The molecule has 0 aromatic carbocycles. The summed E-state index contributed by atoms with van der Waals surface area (Å²) in [6, 6.07) is -0.0685. The first kappa shape index (κ1) is 17.5. The summed E-state index contributed by atoms with van der Waals surface area (Å²) in [5, 5.41) is 10.3. The Morgan fingerprint density at radius 3 is 2.60 bits per heavy atom. The van der Waals surface area contributed by atoms with E-state index in [1.807, 2.05) is 49.7 Å². The third-order valence-corrected chi connectivity index (χ3v) is 4.90. The lowest BCUT2D eigenvalue weighted by molar-refractivity contribution is 0.131. The fourth-order valence-electron chi connectivity index (χ4n) is 3.40. The Kier molecular flexibility index (Phi) is 5.08. The summed E-state index contributed by atoms with van der Waals surface area (Å²) in [6.45, 7) is 9.94. The van der Waals surface area contributed by atoms with Crippen LogP contribution >= 0.6 is 0 Å². The highest BCUT2D eigenvalue weighted by atomic mass is 16.2. The summed E-state index contributed by atoms with van der Waals surface area (Å²) in [5.74, 6) is 1.05. The Bertz CT molecular complexity index is 708. The van der Waals surface area contributed by atoms with Crippen LogP contribution in [0.15, 0.2) is 12.4 Å². The molecule has 2 amide bonds. The van der Waals surface area contributed by atoms with Gasteiger partial charge in [-0.2, -0.15) is 5.10 Å². The van der Waals surface area contributed by atoms with Gasteiger partial charge in [-0.15, -0.1) is 0 Å². The highest BCUT2D eigenvalue weighted by Crippen LogP contribution is 2.19. The number of urea groups is 1. The van der Waals surface area contributed by atoms with Gasteiger partial charge in [-0.1, -0.05) is 0 Å². The van der Waals surface area contributed by atoms with Crippen LogP contribution in [0.4, 0.5) is 4.79 Å². The maximum atomic E-state index is 12.6. The van der Waals surface area contributed by atoms with Crippen molar-refractivity contribution in [3.05, 3.63) is 35.2 Å². The quantitative estimate of drug-likeness (QED) is 0.876. The SMILES string of the molecule is Cc1n[nH]c(C)c1[C@H](C)NC(=O)N1CCN(Cc2nccn2C)CC1. The molecule has 1 aliphatic heterocycles. The smallest absolute Gasteiger partial charge is 0.317 e. The summed E-state index contributed by atoms with van der Waals surface area (Å²) < 4.78 is 2.04. The Morgan fingerprint density at radius 2 is 2.04 bits per heavy atom. The van der Waals surface area contributed by atoms with Crippen LogP contribution in [-0.2, 0) is 13.6 Å². The fraction of sp³-hybridized carbons (Fsp3) is 0.588. The molecule has 0 spiro atoms. The number of aryl methyl sites for hydroxylation is 3. The van der Waals surface area contributed by atoms with Crippen LogP contribution in [0.2, 0.25) is 0 Å². The van der Waals surface area contributed by atoms with Gasteiger partial charge in [0.15, 0.2) is 0 Å². The van der Waals surface area contributed by atoms with Crippen molar-refractivity contribution in [1.29, 1.82) is 0 Å². The number of nitrogens with zero attached hydrogens (tertiary/aromatic N) is 5. The standard InChI is InChI=1S/C17H27N7O/c1-12(16-13(2)20-21-14(16)3)19-17(25)24-9-7-23(8-10-24)11-15-18-5-6-22(15)4/h5-6,12H,7-11H2,1-4H3,(H,19,25)(H,20,21)/t12-/m0/s1. The monoisotopic (exact) mass is 345 g/mol. The second-order valence-electron chi connectivity index (χ2n) is 6.74. The van der Waals surface area contributed by atoms with E-state index < -0.39 is 0 Å². The molecular formula is C17H27N7O. The molecule has 1 atom stereocenters. The summed E-state index contributed by atoms with van der Waals surface area (Å²) in [5.41, 5.74) is 3.01. The van der Waals surface area contributed by atoms with Crippen LogP contribution < -0.4 is 5.32 Å². The summed E-state index contributed by atoms with van der Waals surface area (Å²) in [4.78, 5) is 21.1. The molecule has 25 heavy (non-hydrogen) atoms. The van der Waals surface area contributed by atoms with Gasteiger partial charge in [-0.3, -0.25) is 10.00 Å². The Morgan fingerprint density at radius 1 is 1.32 bits per heavy atom. The Labute approximate surface area is 148 Å². The van der Waals surface area contributed by atoms with Gasteiger partial charge in [0.25, 0.3) is 0 Å². The predicted octanol–water partition coefficient (Wildman–Crippen LogP) is 1.35. The number of amides is 2. The van der Waals surface area contributed by atoms with E-state index in [1.54, 1.807) is 0 Å². The number of hydrogen-bond donors (Lipinski definition) is 2. The number of aromatic amines is 1. The zero-order valence-electron chi connectivity index (χ0n) is 15.4. The molecule has 2 aromatic rings. The van der Waals surface area contributed by atoms with E-state index in [2.05, 4.69) is 25.4 Å². The molecule has 8 nitrogen and oxygen atoms in total. The number of rotatable bonds is 4. The van der Waals surface area contributed by atoms with Gasteiger partial charge in [0.2, 0.25) is 0 Å². The van der Waals surface area contributed by atoms with Gasteiger partial charge in [-0.05, 0) is 20.8 Å². The maximum absolute atomic E-state index is 12.6. The maximum Gasteiger partial charge on any atom is 0.317 e. The van der Waals surface area contributed by atoms with E-state index in [4.69, 9.17) is 0 Å². The number of carbonyl (C=O) groups excluding carboxylic acids is 1. The number of imidazole rings is 1. The first-order chi connectivity index (χ1) is 12.0. The van der Waals surface area contributed by atoms with Crippen LogP contribution in [0.3, 0.4) is 0 Å². The van der Waals surface area contributed by atoms with E-state index in [9.17, 15) is 4.79 Å². The van der Waals surface area contributed by atoms with Crippen LogP contribution in [0.1, 0.15) is 35.7 Å². The van der Waals surface area contributed by atoms with Gasteiger partial charge in [0, 0.05) is 56.9 Å². The highest BCUT2D eigenvalue weighted by molar-refractivity contribution is 5.75. The minimum atomic E-state index is -0.0585. The van der Waals surface area contributed by atoms with Crippen LogP contribution in [0.5, 0.6) is 0 Å². The number of H-pyrrole nitrogens is 1. The number of hydrogen-bond acceptors (Lipinski definition) is 4. The van der Waals surface area contributed by atoms with E-state index >= 15 is 0 Å². The molecular weight excluding hydrogens is 318 g/mol. The number of nitrogens with one attached hydrogen (secondary N) is 2. The van der Waals surface area contributed by atoms with Gasteiger partial charge < -0.3 is 14.8 Å². The van der Waals surface area contributed by atoms with Gasteiger partial charge in [0.1, 0.15) is 5.82 Å². The topological polar surface area (TPSA) is 82.1 Å². The largest absolute Gasteiger partial charge is 0.337 e. The van der Waals surface area contributed by atoms with Crippen molar-refractivity contribution < 1.29 is 4.79 Å². The third-order valence-electron chi connectivity index (χ3n) is 4.90. The minimum absolute atomic E-state index is 0.0101. The van der Waals surface area contributed by atoms with Crippen molar-refractivity contribution in [2.24, 2.45) is 7.05 Å². The summed E-state index contributed by atoms with van der Waals surface area (Å²) >= 11 is 0. The Balaban J connectivity index is 1.51. The molecule has 0 saturated carbocycles. The average molecular weight is 345 g/mol. The first-order valence-electron chi connectivity index (χ1n) is 8.71. The molecule has 0 unspecified atom stereocenters. The van der Waals surface area contributed by atoms with Gasteiger partial charge in [0.05, 0.1) is 18.3 Å². The van der Waals surface area contributed by atoms with Gasteiger partial charge in [-0.25, -0.2) is 9.78 Å². The molecule has 8 heteroatoms. The zero-order valence-corrected chi connectivity index (χ0v) is 15.4. The van der Waals surface area contributed by atoms with Crippen molar-refractivity contribution in [3.8, 4) is 0 Å². The van der Waals surface area contributed by atoms with E-state index in [-0.39, 0.29) is 12.1 Å². The van der Waals surface area contributed by atoms with Crippen molar-refractivity contribution in [1.82, 2.24) is 34.9 Å². The normalized spacial score (nSPS) is 16.9. The lowest BCUT2D eigenvalue weighted by atomic mass is 10.1. The molecule has 3 heterocycles. The average Bonchev–Trinajstić information content (AvgIpc) is 3.13.